The third-order valence-electron chi connectivity index (χ3n) is 4.57. The minimum Gasteiger partial charge on any atom is -0.481 e. The molecule has 7 nitrogen and oxygen atoms in total. The van der Waals surface area contributed by atoms with Gasteiger partial charge in [-0.3, -0.25) is 4.79 Å². The molecule has 0 aliphatic heterocycles. The molecule has 154 valence electrons. The van der Waals surface area contributed by atoms with E-state index in [4.69, 9.17) is 21.2 Å². The van der Waals surface area contributed by atoms with Crippen molar-refractivity contribution in [2.24, 2.45) is 0 Å². The molecule has 0 aliphatic carbocycles. The van der Waals surface area contributed by atoms with Crippen LogP contribution in [0.25, 0.3) is 17.0 Å². The Morgan fingerprint density at radius 1 is 1.31 bits per heavy atom. The number of aliphatic carboxylic acids is 1. The quantitative estimate of drug-likeness (QED) is 0.567. The molecule has 29 heavy (non-hydrogen) atoms. The van der Waals surface area contributed by atoms with Crippen molar-refractivity contribution in [3.05, 3.63) is 58.1 Å². The molecule has 1 N–H and O–H groups in total. The van der Waals surface area contributed by atoms with Crippen LogP contribution < -0.4 is 0 Å². The van der Waals surface area contributed by atoms with Crippen LogP contribution in [-0.2, 0) is 21.2 Å². The lowest BCUT2D eigenvalue weighted by molar-refractivity contribution is -0.137. The molecule has 2 aromatic heterocycles. The number of aromatic nitrogens is 2. The average molecular weight is 437 g/mol. The van der Waals surface area contributed by atoms with E-state index < -0.39 is 16.0 Å². The Morgan fingerprint density at radius 2 is 2.07 bits per heavy atom. The number of carboxylic acids is 1. The van der Waals surface area contributed by atoms with Crippen LogP contribution in [-0.4, -0.2) is 34.4 Å². The van der Waals surface area contributed by atoms with Crippen LogP contribution in [0.1, 0.15) is 35.6 Å². The highest BCUT2D eigenvalue weighted by molar-refractivity contribution is 7.90. The van der Waals surface area contributed by atoms with Gasteiger partial charge in [0, 0.05) is 28.1 Å². The van der Waals surface area contributed by atoms with Crippen molar-refractivity contribution in [2.45, 2.75) is 33.1 Å². The van der Waals surface area contributed by atoms with Crippen molar-refractivity contribution in [1.82, 2.24) is 9.13 Å². The molecule has 3 aromatic rings. The molecule has 0 saturated carbocycles. The van der Waals surface area contributed by atoms with E-state index in [-0.39, 0.29) is 12.2 Å². The molecule has 0 bridgehead atoms. The Hall–Kier alpha value is -2.58. The summed E-state index contributed by atoms with van der Waals surface area (Å²) < 4.78 is 32.6. The SMILES string of the molecule is Cc1noc(C)c1C=CCS(=O)(=O)n1c(CCCC(=O)O)cc2cc(Cl)ccc21. The first kappa shape index (κ1) is 21.1. The number of fused-ring (bicyclic) bond motifs is 1. The van der Waals surface area contributed by atoms with E-state index in [1.165, 1.54) is 3.97 Å². The van der Waals surface area contributed by atoms with Gasteiger partial charge in [0.1, 0.15) is 5.76 Å². The Balaban J connectivity index is 1.95. The van der Waals surface area contributed by atoms with Gasteiger partial charge in [0.25, 0.3) is 0 Å². The van der Waals surface area contributed by atoms with Gasteiger partial charge in [-0.1, -0.05) is 28.9 Å². The van der Waals surface area contributed by atoms with Crippen LogP contribution in [0.2, 0.25) is 5.02 Å². The van der Waals surface area contributed by atoms with Gasteiger partial charge in [-0.05, 0) is 51.0 Å². The van der Waals surface area contributed by atoms with Crippen LogP contribution in [0.3, 0.4) is 0 Å². The van der Waals surface area contributed by atoms with Crippen molar-refractivity contribution in [3.63, 3.8) is 0 Å². The second kappa shape index (κ2) is 8.42. The van der Waals surface area contributed by atoms with Crippen molar-refractivity contribution in [1.29, 1.82) is 0 Å². The molecule has 0 saturated heterocycles. The summed E-state index contributed by atoms with van der Waals surface area (Å²) in [7, 11) is -3.73. The highest BCUT2D eigenvalue weighted by atomic mass is 35.5. The van der Waals surface area contributed by atoms with Gasteiger partial charge in [0.05, 0.1) is 17.0 Å². The summed E-state index contributed by atoms with van der Waals surface area (Å²) in [4.78, 5) is 10.8. The van der Waals surface area contributed by atoms with Gasteiger partial charge in [-0.15, -0.1) is 0 Å². The second-order valence-electron chi connectivity index (χ2n) is 6.77. The number of hydrogen-bond donors (Lipinski definition) is 1. The summed E-state index contributed by atoms with van der Waals surface area (Å²) >= 11 is 6.05. The Bertz CT molecular complexity index is 1170. The zero-order valence-corrected chi connectivity index (χ0v) is 17.6. The maximum atomic E-state index is 13.1. The summed E-state index contributed by atoms with van der Waals surface area (Å²) in [6, 6.07) is 6.74. The Morgan fingerprint density at radius 3 is 2.72 bits per heavy atom. The molecule has 0 spiro atoms. The van der Waals surface area contributed by atoms with E-state index in [2.05, 4.69) is 5.16 Å². The Kier molecular flexibility index (Phi) is 6.14. The lowest BCUT2D eigenvalue weighted by Crippen LogP contribution is -2.18. The molecule has 0 unspecified atom stereocenters. The smallest absolute Gasteiger partial charge is 0.303 e. The molecular formula is C20H21ClN2O5S. The maximum Gasteiger partial charge on any atom is 0.303 e. The average Bonchev–Trinajstić information content (AvgIpc) is 3.15. The molecule has 0 fully saturated rings. The van der Waals surface area contributed by atoms with E-state index >= 15 is 0 Å². The third kappa shape index (κ3) is 4.71. The van der Waals surface area contributed by atoms with Crippen LogP contribution in [0.4, 0.5) is 0 Å². The van der Waals surface area contributed by atoms with Crippen molar-refractivity contribution >= 4 is 44.6 Å². The van der Waals surface area contributed by atoms with Crippen LogP contribution >= 0.6 is 11.6 Å². The van der Waals surface area contributed by atoms with Crippen LogP contribution in [0, 0.1) is 13.8 Å². The zero-order chi connectivity index (χ0) is 21.2. The fraction of sp³-hybridized carbons (Fsp3) is 0.300. The molecule has 1 aromatic carbocycles. The summed E-state index contributed by atoms with van der Waals surface area (Å²) in [6.45, 7) is 3.55. The number of hydrogen-bond acceptors (Lipinski definition) is 5. The van der Waals surface area contributed by atoms with E-state index in [1.54, 1.807) is 50.3 Å². The van der Waals surface area contributed by atoms with Crippen molar-refractivity contribution < 1.29 is 22.8 Å². The van der Waals surface area contributed by atoms with E-state index in [0.29, 0.717) is 45.9 Å². The molecule has 0 atom stereocenters. The number of aryl methyl sites for hydroxylation is 3. The first-order valence-corrected chi connectivity index (χ1v) is 11.0. The van der Waals surface area contributed by atoms with E-state index in [0.717, 1.165) is 5.56 Å². The predicted octanol–water partition coefficient (Wildman–Crippen LogP) is 4.20. The van der Waals surface area contributed by atoms with Gasteiger partial charge in [0.15, 0.2) is 0 Å². The highest BCUT2D eigenvalue weighted by Crippen LogP contribution is 2.27. The van der Waals surface area contributed by atoms with Gasteiger partial charge in [-0.25, -0.2) is 12.4 Å². The minimum atomic E-state index is -3.73. The summed E-state index contributed by atoms with van der Waals surface area (Å²) in [6.07, 6.45) is 3.87. The lowest BCUT2D eigenvalue weighted by Gasteiger charge is -2.10. The van der Waals surface area contributed by atoms with Crippen molar-refractivity contribution in [2.75, 3.05) is 5.75 Å². The first-order chi connectivity index (χ1) is 13.7. The minimum absolute atomic E-state index is 0.0335. The highest BCUT2D eigenvalue weighted by Gasteiger charge is 2.20. The lowest BCUT2D eigenvalue weighted by atomic mass is 10.2. The largest absolute Gasteiger partial charge is 0.481 e. The first-order valence-electron chi connectivity index (χ1n) is 9.03. The normalized spacial score (nSPS) is 12.2. The van der Waals surface area contributed by atoms with Gasteiger partial charge in [0.2, 0.25) is 10.0 Å². The number of rotatable bonds is 8. The van der Waals surface area contributed by atoms with Gasteiger partial charge in [-0.2, -0.15) is 0 Å². The summed E-state index contributed by atoms with van der Waals surface area (Å²) in [5.74, 6) is -0.525. The molecule has 0 radical (unpaired) electrons. The zero-order valence-electron chi connectivity index (χ0n) is 16.1. The van der Waals surface area contributed by atoms with Crippen LogP contribution in [0.5, 0.6) is 0 Å². The van der Waals surface area contributed by atoms with E-state index in [9.17, 15) is 13.2 Å². The fourth-order valence-corrected chi connectivity index (χ4v) is 4.87. The molecule has 0 aliphatic rings. The number of nitrogens with zero attached hydrogens (tertiary/aromatic N) is 2. The number of carboxylic acid groups (broad SMARTS) is 1. The van der Waals surface area contributed by atoms with Crippen molar-refractivity contribution in [3.8, 4) is 0 Å². The standard InChI is InChI=1S/C20H21ClN2O5S/c1-13-18(14(2)28-22-13)6-4-10-29(26,27)23-17(5-3-7-20(24)25)12-15-11-16(21)8-9-19(15)23/h4,6,8-9,11-12H,3,5,7,10H2,1-2H3,(H,24,25). The van der Waals surface area contributed by atoms with Gasteiger partial charge < -0.3 is 9.63 Å². The molecule has 9 heteroatoms. The number of benzene rings is 1. The number of carbonyl (C=O) groups is 1. The fourth-order valence-electron chi connectivity index (χ4n) is 3.23. The molecule has 0 amide bonds. The number of halogens is 1. The molecule has 2 heterocycles. The molecular weight excluding hydrogens is 416 g/mol. The topological polar surface area (TPSA) is 102 Å². The van der Waals surface area contributed by atoms with Crippen LogP contribution in [0.15, 0.2) is 34.9 Å². The van der Waals surface area contributed by atoms with E-state index in [1.807, 2.05) is 0 Å². The summed E-state index contributed by atoms with van der Waals surface area (Å²) in [5.41, 5.74) is 2.50. The molecule has 3 rings (SSSR count). The monoisotopic (exact) mass is 436 g/mol. The Labute approximate surface area is 173 Å². The maximum absolute atomic E-state index is 13.1. The van der Waals surface area contributed by atoms with Gasteiger partial charge >= 0.3 is 5.97 Å². The predicted molar refractivity (Wildman–Crippen MR) is 112 cm³/mol. The summed E-state index contributed by atoms with van der Waals surface area (Å²) in [5, 5.41) is 13.9. The second-order valence-corrected chi connectivity index (χ2v) is 9.07. The third-order valence-corrected chi connectivity index (χ3v) is 6.41.